The lowest BCUT2D eigenvalue weighted by molar-refractivity contribution is -0.384. The van der Waals surface area contributed by atoms with Crippen molar-refractivity contribution in [3.63, 3.8) is 0 Å². The molecular weight excluding hydrogens is 422 g/mol. The Labute approximate surface area is 185 Å². The van der Waals surface area contributed by atoms with Crippen molar-refractivity contribution in [2.45, 2.75) is 27.7 Å². The van der Waals surface area contributed by atoms with Gasteiger partial charge in [0.15, 0.2) is 0 Å². The summed E-state index contributed by atoms with van der Waals surface area (Å²) in [5, 5.41) is 13.6. The fourth-order valence-electron chi connectivity index (χ4n) is 3.27. The molecule has 2 aromatic carbocycles. The van der Waals surface area contributed by atoms with E-state index in [1.54, 1.807) is 23.1 Å². The van der Waals surface area contributed by atoms with Crippen LogP contribution in [0.5, 0.6) is 5.75 Å². The number of amides is 2. The Kier molecular flexibility index (Phi) is 6.22. The Morgan fingerprint density at radius 1 is 1.29 bits per heavy atom. The van der Waals surface area contributed by atoms with E-state index in [1.807, 2.05) is 27.7 Å². The van der Waals surface area contributed by atoms with Crippen molar-refractivity contribution in [1.82, 2.24) is 0 Å². The molecule has 3 rings (SSSR count). The minimum Gasteiger partial charge on any atom is -0.490 e. The lowest BCUT2D eigenvalue weighted by Gasteiger charge is -2.29. The van der Waals surface area contributed by atoms with Crippen molar-refractivity contribution in [3.8, 4) is 5.75 Å². The lowest BCUT2D eigenvalue weighted by Crippen LogP contribution is -2.43. The molecule has 0 atom stereocenters. The number of carbonyl (C=O) groups excluding carboxylic acids is 2. The number of anilines is 2. The standard InChI is InChI=1S/C22H24ClN3O5/c1-13(2)11-25-18-8-5-14(9-19(18)31-12-22(3,4)21(25)28)24-20(27)16-7-6-15(26(29)30)10-17(16)23/h5-10,13H,11-12H2,1-4H3,(H,24,27). The molecule has 2 amide bonds. The molecule has 0 unspecified atom stereocenters. The van der Waals surface area contributed by atoms with Crippen molar-refractivity contribution >= 4 is 40.5 Å². The maximum atomic E-state index is 13.0. The quantitative estimate of drug-likeness (QED) is 0.520. The number of fused-ring (bicyclic) bond motifs is 1. The number of nitro groups is 1. The van der Waals surface area contributed by atoms with Gasteiger partial charge in [0.1, 0.15) is 12.4 Å². The van der Waals surface area contributed by atoms with Crippen LogP contribution in [0.4, 0.5) is 17.1 Å². The van der Waals surface area contributed by atoms with Crippen LogP contribution in [0.3, 0.4) is 0 Å². The second-order valence-electron chi connectivity index (χ2n) is 8.54. The van der Waals surface area contributed by atoms with E-state index in [-0.39, 0.29) is 34.7 Å². The summed E-state index contributed by atoms with van der Waals surface area (Å²) >= 11 is 6.05. The van der Waals surface area contributed by atoms with E-state index in [2.05, 4.69) is 5.32 Å². The zero-order valence-electron chi connectivity index (χ0n) is 17.8. The molecule has 0 spiro atoms. The van der Waals surface area contributed by atoms with Gasteiger partial charge in [0.2, 0.25) is 5.91 Å². The molecule has 31 heavy (non-hydrogen) atoms. The van der Waals surface area contributed by atoms with E-state index in [9.17, 15) is 19.7 Å². The van der Waals surface area contributed by atoms with Gasteiger partial charge >= 0.3 is 0 Å². The highest BCUT2D eigenvalue weighted by atomic mass is 35.5. The van der Waals surface area contributed by atoms with Crippen LogP contribution in [0, 0.1) is 21.4 Å². The monoisotopic (exact) mass is 445 g/mol. The minimum absolute atomic E-state index is 0.0191. The molecule has 2 aromatic rings. The fourth-order valence-corrected chi connectivity index (χ4v) is 3.53. The van der Waals surface area contributed by atoms with E-state index in [4.69, 9.17) is 16.3 Å². The first-order valence-electron chi connectivity index (χ1n) is 9.83. The average Bonchev–Trinajstić information content (AvgIpc) is 2.77. The summed E-state index contributed by atoms with van der Waals surface area (Å²) in [5.74, 6) is 0.222. The lowest BCUT2D eigenvalue weighted by atomic mass is 9.92. The van der Waals surface area contributed by atoms with Gasteiger partial charge in [-0.3, -0.25) is 19.7 Å². The SMILES string of the molecule is CC(C)CN1C(=O)C(C)(C)COc2cc(NC(=O)c3ccc([N+](=O)[O-])cc3Cl)ccc21. The third-order valence-corrected chi connectivity index (χ3v) is 5.19. The van der Waals surface area contributed by atoms with Crippen LogP contribution in [-0.4, -0.2) is 29.9 Å². The molecule has 9 heteroatoms. The highest BCUT2D eigenvalue weighted by Gasteiger charge is 2.38. The van der Waals surface area contributed by atoms with Crippen LogP contribution in [0.15, 0.2) is 36.4 Å². The van der Waals surface area contributed by atoms with E-state index in [1.165, 1.54) is 12.1 Å². The molecule has 0 bridgehead atoms. The predicted molar refractivity (Wildman–Crippen MR) is 119 cm³/mol. The van der Waals surface area contributed by atoms with Gasteiger partial charge in [-0.25, -0.2) is 0 Å². The molecular formula is C22H24ClN3O5. The normalized spacial score (nSPS) is 15.2. The van der Waals surface area contributed by atoms with Crippen LogP contribution in [-0.2, 0) is 4.79 Å². The third-order valence-electron chi connectivity index (χ3n) is 4.88. The third kappa shape index (κ3) is 4.80. The second-order valence-corrected chi connectivity index (χ2v) is 8.95. The van der Waals surface area contributed by atoms with Gasteiger partial charge in [0.05, 0.1) is 26.6 Å². The zero-order valence-corrected chi connectivity index (χ0v) is 18.5. The Hall–Kier alpha value is -3.13. The number of halogens is 1. The maximum absolute atomic E-state index is 13.0. The molecule has 1 aliphatic heterocycles. The van der Waals surface area contributed by atoms with Gasteiger partial charge in [-0.05, 0) is 38.0 Å². The number of ether oxygens (including phenoxy) is 1. The second kappa shape index (κ2) is 8.55. The summed E-state index contributed by atoms with van der Waals surface area (Å²) in [6, 6.07) is 8.74. The van der Waals surface area contributed by atoms with E-state index < -0.39 is 16.2 Å². The summed E-state index contributed by atoms with van der Waals surface area (Å²) in [4.78, 5) is 37.7. The molecule has 0 aliphatic carbocycles. The number of nitrogens with one attached hydrogen (secondary N) is 1. The molecule has 0 fully saturated rings. The van der Waals surface area contributed by atoms with Crippen LogP contribution in [0.25, 0.3) is 0 Å². The molecule has 1 heterocycles. The van der Waals surface area contributed by atoms with Gasteiger partial charge in [0.25, 0.3) is 11.6 Å². The molecule has 164 valence electrons. The van der Waals surface area contributed by atoms with Gasteiger partial charge in [0, 0.05) is 30.4 Å². The van der Waals surface area contributed by atoms with Crippen molar-refractivity contribution in [3.05, 3.63) is 57.1 Å². The first-order valence-corrected chi connectivity index (χ1v) is 10.2. The fraction of sp³-hybridized carbons (Fsp3) is 0.364. The summed E-state index contributed by atoms with van der Waals surface area (Å²) in [7, 11) is 0. The average molecular weight is 446 g/mol. The van der Waals surface area contributed by atoms with Crippen LogP contribution in [0.1, 0.15) is 38.1 Å². The van der Waals surface area contributed by atoms with Gasteiger partial charge < -0.3 is 15.0 Å². The Morgan fingerprint density at radius 3 is 2.61 bits per heavy atom. The highest BCUT2D eigenvalue weighted by molar-refractivity contribution is 6.34. The van der Waals surface area contributed by atoms with E-state index in [0.717, 1.165) is 6.07 Å². The van der Waals surface area contributed by atoms with Crippen molar-refractivity contribution in [1.29, 1.82) is 0 Å². The summed E-state index contributed by atoms with van der Waals surface area (Å²) < 4.78 is 5.92. The van der Waals surface area contributed by atoms with Crippen molar-refractivity contribution < 1.29 is 19.2 Å². The number of nitrogens with zero attached hydrogens (tertiary/aromatic N) is 2. The number of non-ortho nitro benzene ring substituents is 1. The number of benzene rings is 2. The number of hydrogen-bond donors (Lipinski definition) is 1. The zero-order chi connectivity index (χ0) is 22.9. The van der Waals surface area contributed by atoms with E-state index in [0.29, 0.717) is 23.7 Å². The Morgan fingerprint density at radius 2 is 2.00 bits per heavy atom. The highest BCUT2D eigenvalue weighted by Crippen LogP contribution is 2.38. The molecule has 1 N–H and O–H groups in total. The molecule has 0 radical (unpaired) electrons. The van der Waals surface area contributed by atoms with Crippen LogP contribution >= 0.6 is 11.6 Å². The Balaban J connectivity index is 1.89. The van der Waals surface area contributed by atoms with Crippen molar-refractivity contribution in [2.75, 3.05) is 23.4 Å². The first-order chi connectivity index (χ1) is 14.5. The summed E-state index contributed by atoms with van der Waals surface area (Å²) in [6.07, 6.45) is 0. The van der Waals surface area contributed by atoms with Crippen molar-refractivity contribution in [2.24, 2.45) is 11.3 Å². The number of carbonyl (C=O) groups is 2. The molecule has 1 aliphatic rings. The van der Waals surface area contributed by atoms with Gasteiger partial charge in [-0.1, -0.05) is 25.4 Å². The van der Waals surface area contributed by atoms with Crippen LogP contribution < -0.4 is 15.0 Å². The molecule has 8 nitrogen and oxygen atoms in total. The maximum Gasteiger partial charge on any atom is 0.270 e. The minimum atomic E-state index is -0.691. The molecule has 0 saturated carbocycles. The largest absolute Gasteiger partial charge is 0.490 e. The summed E-state index contributed by atoms with van der Waals surface area (Å²) in [5.41, 5.74) is 0.327. The number of hydrogen-bond acceptors (Lipinski definition) is 5. The predicted octanol–water partition coefficient (Wildman–Crippen LogP) is 4.91. The molecule has 0 aromatic heterocycles. The number of nitro benzene ring substituents is 1. The Bertz CT molecular complexity index is 1050. The van der Waals surface area contributed by atoms with Crippen LogP contribution in [0.2, 0.25) is 5.02 Å². The molecule has 0 saturated heterocycles. The summed E-state index contributed by atoms with van der Waals surface area (Å²) in [6.45, 7) is 8.51. The van der Waals surface area contributed by atoms with Gasteiger partial charge in [-0.2, -0.15) is 0 Å². The number of rotatable bonds is 5. The smallest absolute Gasteiger partial charge is 0.270 e. The van der Waals surface area contributed by atoms with E-state index >= 15 is 0 Å². The topological polar surface area (TPSA) is 102 Å². The van der Waals surface area contributed by atoms with Gasteiger partial charge in [-0.15, -0.1) is 0 Å². The first kappa shape index (κ1) is 22.6.